The Hall–Kier alpha value is -13.0. The van der Waals surface area contributed by atoms with Gasteiger partial charge in [0, 0.05) is 73.4 Å². The van der Waals surface area contributed by atoms with E-state index in [0.717, 1.165) is 120 Å². The standard InChI is InChI=1S/C85H115N9O11.C33H48N2O4/c1-10-13-15-17-19-21-23-25-56-104-74(95)61-68-29-27-62(28-30-68)58-63-31-41-70(42-32-63)90-79(100)84(6,7)76(97)87-52-54-94(81(102)92-72-47-37-66(38-48-72)59-64-33-43-69(44-34-64)89-78(99)83(4,5)75(96)86-51-12-3)55-53-88-77(98)85(8,9)80(101)91-71-45-35-65(36-46-71)60-67-39-49-73(50-40-67)93-82(103)105-57-26-24-22-20-18-16-14-11-2;1-5-7-8-9-10-11-12-13-23-39-30(36)25-28-16-14-26(15-17-28)24-27-18-20-29(21-19-27)35-32(38)33(3,4)31(37)34-22-6-2/h27-50H,10-26,51-61H2,1-9H3,(H,86,96)(H,87,97)(H,88,98)(H,89,99)(H,90,100)(H,91,101)(H,92,102)(H,93,103);14-21H,5-13,22-25H2,1-4H3,(H,34,37)(H,35,38). The van der Waals surface area contributed by atoms with Crippen molar-refractivity contribution in [3.05, 3.63) is 250 Å². The molecule has 10 N–H and O–H groups in total. The zero-order chi connectivity index (χ0) is 105. The van der Waals surface area contributed by atoms with Crippen LogP contribution in [-0.4, -0.2) is 135 Å². The van der Waals surface area contributed by atoms with Gasteiger partial charge >= 0.3 is 24.1 Å². The zero-order valence-corrected chi connectivity index (χ0v) is 88.0. The predicted molar refractivity (Wildman–Crippen MR) is 578 cm³/mol. The number of esters is 2. The second-order valence-electron chi connectivity index (χ2n) is 39.8. The van der Waals surface area contributed by atoms with E-state index in [-0.39, 0.29) is 62.3 Å². The average molecular weight is 1980 g/mol. The third-order valence-electron chi connectivity index (χ3n) is 25.6. The van der Waals surface area contributed by atoms with Crippen LogP contribution in [0.2, 0.25) is 0 Å². The number of carbonyl (C=O) groups excluding carboxylic acids is 12. The van der Waals surface area contributed by atoms with Crippen LogP contribution in [0.15, 0.2) is 194 Å². The molecule has 0 aliphatic rings. The SMILES string of the molecule is CCCCCCCCCCOC(=O)Cc1ccc(Cc2ccc(NC(=O)C(C)(C)C(=O)NCCC)cc2)cc1.CCCCCCCCCCOC(=O)Cc1ccc(Cc2ccc(NC(=O)C(C)(C)C(=O)NCCN(CCNC(=O)C(C)(C)C(=O)Nc3ccc(Cc4ccc(NC(=O)OCCCCCCCCCC)cc4)cc3)C(=O)Nc3ccc(Cc4ccc(NC(=O)C(C)(C)C(=O)NCCC)cc4)cc3)cc2)cc1. The van der Waals surface area contributed by atoms with Gasteiger partial charge < -0.3 is 67.0 Å². The predicted octanol–water partition coefficient (Wildman–Crippen LogP) is 23.3. The van der Waals surface area contributed by atoms with Crippen LogP contribution in [0.3, 0.4) is 0 Å². The summed E-state index contributed by atoms with van der Waals surface area (Å²) in [5.74, 6) is -4.05. The fraction of sp³-hybridized carbons (Fsp3) is 0.492. The second kappa shape index (κ2) is 63.9. The summed E-state index contributed by atoms with van der Waals surface area (Å²) in [6.07, 6.45) is 32.6. The van der Waals surface area contributed by atoms with Gasteiger partial charge in [-0.25, -0.2) is 9.59 Å². The van der Waals surface area contributed by atoms with Crippen LogP contribution < -0.4 is 53.2 Å². The maximum atomic E-state index is 14.2. The molecule has 0 aliphatic heterocycles. The van der Waals surface area contributed by atoms with E-state index in [1.54, 1.807) is 76.2 Å². The highest BCUT2D eigenvalue weighted by atomic mass is 16.5. The molecule has 8 aromatic carbocycles. The molecule has 8 rings (SSSR count). The number of hydrogen-bond donors (Lipinski definition) is 10. The third kappa shape index (κ3) is 43.7. The number of benzene rings is 8. The van der Waals surface area contributed by atoms with Gasteiger partial charge in [0.15, 0.2) is 0 Å². The number of unbranched alkanes of at least 4 members (excludes halogenated alkanes) is 21. The van der Waals surface area contributed by atoms with Crippen LogP contribution in [0.25, 0.3) is 0 Å². The molecule has 0 radical (unpaired) electrons. The van der Waals surface area contributed by atoms with Crippen LogP contribution in [-0.2, 0) is 101 Å². The van der Waals surface area contributed by atoms with Crippen LogP contribution in [0, 0.1) is 21.7 Å². The summed E-state index contributed by atoms with van der Waals surface area (Å²) < 4.78 is 16.3. The lowest BCUT2D eigenvalue weighted by Gasteiger charge is -2.27. The van der Waals surface area contributed by atoms with Crippen molar-refractivity contribution < 1.29 is 71.7 Å². The van der Waals surface area contributed by atoms with Crippen molar-refractivity contribution in [1.29, 1.82) is 0 Å². The first-order chi connectivity index (χ1) is 69.1. The molecule has 0 aliphatic carbocycles. The minimum absolute atomic E-state index is 0.0301. The Morgan fingerprint density at radius 3 is 0.667 bits per heavy atom. The Kier molecular flexibility index (Phi) is 52.3. The van der Waals surface area contributed by atoms with Gasteiger partial charge in [-0.3, -0.25) is 53.3 Å². The zero-order valence-electron chi connectivity index (χ0n) is 88.0. The van der Waals surface area contributed by atoms with Gasteiger partial charge in [0.05, 0.1) is 32.7 Å². The van der Waals surface area contributed by atoms with Gasteiger partial charge in [0.25, 0.3) is 0 Å². The Balaban J connectivity index is 0.000000600. The number of hydrogen-bond acceptors (Lipinski definition) is 15. The van der Waals surface area contributed by atoms with Crippen LogP contribution in [0.5, 0.6) is 0 Å². The average Bonchev–Trinajstić information content (AvgIpc) is 0.838. The van der Waals surface area contributed by atoms with E-state index >= 15 is 0 Å². The molecule has 26 heteroatoms. The van der Waals surface area contributed by atoms with Crippen LogP contribution in [0.4, 0.5) is 43.7 Å². The first-order valence-corrected chi connectivity index (χ1v) is 52.5. The molecule has 0 bridgehead atoms. The maximum absolute atomic E-state index is 14.2. The number of rotatable bonds is 63. The summed E-state index contributed by atoms with van der Waals surface area (Å²) in [5.41, 5.74) is 7.77. The minimum Gasteiger partial charge on any atom is -0.465 e. The molecule has 0 saturated carbocycles. The number of anilines is 6. The number of amides is 11. The van der Waals surface area contributed by atoms with Gasteiger partial charge in [-0.05, 0) is 242 Å². The van der Waals surface area contributed by atoms with Crippen molar-refractivity contribution in [3.8, 4) is 0 Å². The Bertz CT molecular complexity index is 5090. The Morgan fingerprint density at radius 1 is 0.222 bits per heavy atom. The molecule has 0 fully saturated rings. The Labute approximate surface area is 856 Å². The molecule has 26 nitrogen and oxygen atoms in total. The lowest BCUT2D eigenvalue weighted by Crippen LogP contribution is -2.50. The van der Waals surface area contributed by atoms with E-state index < -0.39 is 63.3 Å². The molecule has 0 spiro atoms. The van der Waals surface area contributed by atoms with E-state index in [4.69, 9.17) is 14.2 Å². The number of carbonyl (C=O) groups is 12. The quantitative estimate of drug-likeness (QED) is 0.00733. The Morgan fingerprint density at radius 2 is 0.424 bits per heavy atom. The molecular weight excluding hydrogens is 1810 g/mol. The van der Waals surface area contributed by atoms with E-state index in [1.165, 1.54) is 142 Å². The van der Waals surface area contributed by atoms with Gasteiger partial charge in [-0.15, -0.1) is 0 Å². The molecule has 780 valence electrons. The number of nitrogens with one attached hydrogen (secondary N) is 10. The second-order valence-corrected chi connectivity index (χ2v) is 39.8. The molecule has 8 aromatic rings. The summed E-state index contributed by atoms with van der Waals surface area (Å²) in [5, 5.41) is 28.4. The lowest BCUT2D eigenvalue weighted by atomic mass is 9.90. The number of nitrogens with zero attached hydrogens (tertiary/aromatic N) is 1. The van der Waals surface area contributed by atoms with Gasteiger partial charge in [-0.2, -0.15) is 0 Å². The van der Waals surface area contributed by atoms with Gasteiger partial charge in [0.2, 0.25) is 47.3 Å². The third-order valence-corrected chi connectivity index (χ3v) is 25.6. The summed E-state index contributed by atoms with van der Waals surface area (Å²) >= 11 is 0. The fourth-order valence-electron chi connectivity index (χ4n) is 15.6. The van der Waals surface area contributed by atoms with E-state index in [9.17, 15) is 57.5 Å². The molecule has 0 saturated heterocycles. The smallest absolute Gasteiger partial charge is 0.411 e. The molecule has 11 amide bonds. The molecule has 144 heavy (non-hydrogen) atoms. The molecule has 0 unspecified atom stereocenters. The molecule has 0 heterocycles. The highest BCUT2D eigenvalue weighted by molar-refractivity contribution is 6.12. The maximum Gasteiger partial charge on any atom is 0.411 e. The summed E-state index contributed by atoms with van der Waals surface area (Å²) in [6, 6.07) is 59.8. The monoisotopic (exact) mass is 1970 g/mol. The fourth-order valence-corrected chi connectivity index (χ4v) is 15.6. The first kappa shape index (κ1) is 118. The summed E-state index contributed by atoms with van der Waals surface area (Å²) in [6.45, 7) is 25.2. The van der Waals surface area contributed by atoms with Crippen molar-refractivity contribution in [2.75, 3.05) is 91.0 Å². The van der Waals surface area contributed by atoms with E-state index in [0.29, 0.717) is 92.7 Å². The van der Waals surface area contributed by atoms with Crippen molar-refractivity contribution in [2.45, 2.75) is 295 Å². The first-order valence-electron chi connectivity index (χ1n) is 52.5. The topological polar surface area (TPSA) is 356 Å². The van der Waals surface area contributed by atoms with Crippen LogP contribution >= 0.6 is 0 Å². The van der Waals surface area contributed by atoms with Gasteiger partial charge in [0.1, 0.15) is 21.7 Å². The number of ether oxygens (including phenoxy) is 3. The minimum atomic E-state index is -1.55. The van der Waals surface area contributed by atoms with Gasteiger partial charge in [-0.1, -0.05) is 291 Å². The highest BCUT2D eigenvalue weighted by Crippen LogP contribution is 2.29. The largest absolute Gasteiger partial charge is 0.465 e. The summed E-state index contributed by atoms with van der Waals surface area (Å²) in [4.78, 5) is 159. The van der Waals surface area contributed by atoms with Crippen molar-refractivity contribution in [1.82, 2.24) is 26.2 Å². The van der Waals surface area contributed by atoms with Crippen LogP contribution in [0.1, 0.15) is 313 Å². The normalized spacial score (nSPS) is 11.3. The molecule has 0 aromatic heterocycles. The number of urea groups is 1. The molecule has 0 atom stereocenters. The van der Waals surface area contributed by atoms with Crippen molar-refractivity contribution >= 4 is 105 Å². The summed E-state index contributed by atoms with van der Waals surface area (Å²) in [7, 11) is 0. The lowest BCUT2D eigenvalue weighted by molar-refractivity contribution is -0.143. The van der Waals surface area contributed by atoms with Crippen molar-refractivity contribution in [3.63, 3.8) is 0 Å². The van der Waals surface area contributed by atoms with Crippen molar-refractivity contribution in [2.24, 2.45) is 21.7 Å². The molecular formula is C118H163N11O15. The van der Waals surface area contributed by atoms with E-state index in [2.05, 4.69) is 73.9 Å². The highest BCUT2D eigenvalue weighted by Gasteiger charge is 2.40. The van der Waals surface area contributed by atoms with E-state index in [1.807, 2.05) is 159 Å².